The van der Waals surface area contributed by atoms with Crippen LogP contribution in [0, 0.1) is 0 Å². The van der Waals surface area contributed by atoms with Gasteiger partial charge in [-0.2, -0.15) is 0 Å². The molecule has 0 aliphatic heterocycles. The van der Waals surface area contributed by atoms with E-state index in [1.165, 1.54) is 0 Å². The second-order valence-electron chi connectivity index (χ2n) is 13.6. The molecule has 10 aromatic carbocycles. The Labute approximate surface area is 343 Å². The maximum atomic E-state index is 9.81. The molecule has 0 spiro atoms. The van der Waals surface area contributed by atoms with Crippen molar-refractivity contribution in [2.24, 2.45) is 0 Å². The Kier molecular flexibility index (Phi) is 4.25. The van der Waals surface area contributed by atoms with E-state index in [-0.39, 0.29) is 43.8 Å². The standard InChI is InChI=1S/C54H32O2/c1-2-16-35(17-3-1)49-46-32-45-40-20-12-13-25-47(40)55-53(45)51(54(46)56-52(49)39-29-27-34-15-5-7-19-37(34)31-39)50-43-23-10-8-21-41(43)48(42-22-9-11-24-44(42)50)38-28-26-33-14-4-6-18-36(33)30-38/h1-32H/i4D,6D,8D,9D,10D,11D,14D,18D,21D,22D,23D,24D,26D,28D,30D. The van der Waals surface area contributed by atoms with Gasteiger partial charge in [0.15, 0.2) is 0 Å². The average molecular weight is 728 g/mol. The number of fused-ring (bicyclic) bond motifs is 8. The fraction of sp³-hybridized carbons (Fsp3) is 0. The molecule has 0 radical (unpaired) electrons. The summed E-state index contributed by atoms with van der Waals surface area (Å²) in [6.07, 6.45) is 0. The Hall–Kier alpha value is -7.42. The Balaban J connectivity index is 1.38. The van der Waals surface area contributed by atoms with E-state index in [1.807, 2.05) is 91.0 Å². The molecule has 0 amide bonds. The van der Waals surface area contributed by atoms with E-state index in [9.17, 15) is 9.60 Å². The van der Waals surface area contributed by atoms with Crippen molar-refractivity contribution in [3.05, 3.63) is 194 Å². The third-order valence-corrected chi connectivity index (χ3v) is 10.5. The predicted octanol–water partition coefficient (Wildman–Crippen LogP) is 15.6. The van der Waals surface area contributed by atoms with E-state index >= 15 is 0 Å². The summed E-state index contributed by atoms with van der Waals surface area (Å²) in [6.45, 7) is 0. The Bertz CT molecular complexity index is 4330. The van der Waals surface area contributed by atoms with Crippen LogP contribution in [-0.2, 0) is 0 Å². The molecule has 2 aromatic heterocycles. The summed E-state index contributed by atoms with van der Waals surface area (Å²) in [7, 11) is 0. The van der Waals surface area contributed by atoms with Crippen LogP contribution in [0.1, 0.15) is 20.6 Å². The molecule has 0 atom stereocenters. The summed E-state index contributed by atoms with van der Waals surface area (Å²) in [5, 5.41) is 1.41. The minimum Gasteiger partial charge on any atom is -0.455 e. The van der Waals surface area contributed by atoms with Crippen LogP contribution in [0.3, 0.4) is 0 Å². The van der Waals surface area contributed by atoms with Crippen LogP contribution in [0.25, 0.3) is 121 Å². The van der Waals surface area contributed by atoms with E-state index < -0.39 is 113 Å². The Morgan fingerprint density at radius 1 is 0.339 bits per heavy atom. The van der Waals surface area contributed by atoms with Crippen molar-refractivity contribution in [1.82, 2.24) is 0 Å². The smallest absolute Gasteiger partial charge is 0.147 e. The van der Waals surface area contributed by atoms with Crippen molar-refractivity contribution in [3.8, 4) is 44.7 Å². The predicted molar refractivity (Wildman–Crippen MR) is 235 cm³/mol. The van der Waals surface area contributed by atoms with Crippen molar-refractivity contribution < 1.29 is 29.4 Å². The summed E-state index contributed by atoms with van der Waals surface area (Å²) < 4.78 is 152. The number of hydrogen-bond donors (Lipinski definition) is 0. The first-order chi connectivity index (χ1) is 34.0. The molecule has 2 heteroatoms. The van der Waals surface area contributed by atoms with E-state index in [4.69, 9.17) is 19.8 Å². The fourth-order valence-electron chi connectivity index (χ4n) is 8.09. The van der Waals surface area contributed by atoms with Gasteiger partial charge in [0, 0.05) is 32.8 Å². The molecule has 0 bridgehead atoms. The number of para-hydroxylation sites is 1. The topological polar surface area (TPSA) is 26.3 Å². The first-order valence-corrected chi connectivity index (χ1v) is 17.9. The van der Waals surface area contributed by atoms with Gasteiger partial charge in [0.1, 0.15) is 22.5 Å². The van der Waals surface area contributed by atoms with Crippen molar-refractivity contribution in [1.29, 1.82) is 0 Å². The number of furan rings is 2. The second-order valence-corrected chi connectivity index (χ2v) is 13.6. The van der Waals surface area contributed by atoms with Gasteiger partial charge in [-0.15, -0.1) is 0 Å². The van der Waals surface area contributed by atoms with Gasteiger partial charge in [0.25, 0.3) is 0 Å². The van der Waals surface area contributed by atoms with Crippen LogP contribution < -0.4 is 0 Å². The van der Waals surface area contributed by atoms with Gasteiger partial charge in [0.2, 0.25) is 0 Å². The molecule has 12 aromatic rings. The zero-order chi connectivity index (χ0) is 49.8. The summed E-state index contributed by atoms with van der Waals surface area (Å²) >= 11 is 0. The Morgan fingerprint density at radius 2 is 0.982 bits per heavy atom. The van der Waals surface area contributed by atoms with E-state index in [0.717, 1.165) is 16.3 Å². The quantitative estimate of drug-likeness (QED) is 0.169. The maximum absolute atomic E-state index is 9.81. The molecule has 2 nitrogen and oxygen atoms in total. The van der Waals surface area contributed by atoms with Crippen molar-refractivity contribution in [2.45, 2.75) is 0 Å². The molecular formula is C54H32O2. The second kappa shape index (κ2) is 12.0. The highest BCUT2D eigenvalue weighted by atomic mass is 16.3. The average Bonchev–Trinajstić information content (AvgIpc) is 3.95. The van der Waals surface area contributed by atoms with Gasteiger partial charge in [-0.05, 0) is 84.0 Å². The molecule has 0 saturated carbocycles. The Morgan fingerprint density at radius 3 is 1.77 bits per heavy atom. The van der Waals surface area contributed by atoms with Gasteiger partial charge in [-0.3, -0.25) is 0 Å². The fourth-order valence-corrected chi connectivity index (χ4v) is 8.09. The lowest BCUT2D eigenvalue weighted by Crippen LogP contribution is -1.92. The molecule has 12 rings (SSSR count). The first kappa shape index (κ1) is 19.8. The third kappa shape index (κ3) is 4.57. The van der Waals surface area contributed by atoms with Gasteiger partial charge in [-0.1, -0.05) is 170 Å². The molecule has 0 unspecified atom stereocenters. The number of benzene rings is 10. The molecule has 0 saturated heterocycles. The van der Waals surface area contributed by atoms with E-state index in [0.29, 0.717) is 38.6 Å². The molecular weight excluding hydrogens is 681 g/mol. The molecule has 260 valence electrons. The third-order valence-electron chi connectivity index (χ3n) is 10.5. The summed E-state index contributed by atoms with van der Waals surface area (Å²) in [5.41, 5.74) is 1.82. The minimum atomic E-state index is -0.775. The lowest BCUT2D eigenvalue weighted by molar-refractivity contribution is 0.630. The summed E-state index contributed by atoms with van der Waals surface area (Å²) in [6, 6.07) is 21.7. The number of hydrogen-bond acceptors (Lipinski definition) is 2. The van der Waals surface area contributed by atoms with Crippen LogP contribution in [0.5, 0.6) is 0 Å². The van der Waals surface area contributed by atoms with Gasteiger partial charge < -0.3 is 8.83 Å². The molecule has 56 heavy (non-hydrogen) atoms. The van der Waals surface area contributed by atoms with Gasteiger partial charge in [0.05, 0.1) is 26.1 Å². The van der Waals surface area contributed by atoms with E-state index in [1.54, 1.807) is 12.1 Å². The highest BCUT2D eigenvalue weighted by Crippen LogP contribution is 2.53. The molecule has 0 N–H and O–H groups in total. The summed E-state index contributed by atoms with van der Waals surface area (Å²) in [5.74, 6) is 0.422. The maximum Gasteiger partial charge on any atom is 0.147 e. The van der Waals surface area contributed by atoms with Gasteiger partial charge >= 0.3 is 0 Å². The van der Waals surface area contributed by atoms with Crippen LogP contribution >= 0.6 is 0 Å². The van der Waals surface area contributed by atoms with Gasteiger partial charge in [-0.25, -0.2) is 0 Å². The van der Waals surface area contributed by atoms with Crippen LogP contribution in [0.15, 0.2) is 203 Å². The van der Waals surface area contributed by atoms with Crippen molar-refractivity contribution >= 4 is 76.0 Å². The highest BCUT2D eigenvalue weighted by Gasteiger charge is 2.28. The van der Waals surface area contributed by atoms with Crippen LogP contribution in [-0.4, -0.2) is 0 Å². The van der Waals surface area contributed by atoms with Crippen LogP contribution in [0.2, 0.25) is 0 Å². The lowest BCUT2D eigenvalue weighted by atomic mass is 9.84. The SMILES string of the molecule is [2H]c1c([2H])c([2H])c2c([2H])c(-c3c4c([2H])c([2H])c([2H])c([2H])c4c(-c4c5oc(-c6ccc7ccccc7c6)c(-c6ccccc6)c5cc5c4oc4ccccc45)c4c([2H])c([2H])c([2H])c([2H])c34)c([2H])c([2H])c2c1[2H]. The van der Waals surface area contributed by atoms with Crippen LogP contribution in [0.4, 0.5) is 0 Å². The van der Waals surface area contributed by atoms with Crippen molar-refractivity contribution in [2.75, 3.05) is 0 Å². The molecule has 0 aliphatic carbocycles. The summed E-state index contributed by atoms with van der Waals surface area (Å²) in [4.78, 5) is 0. The lowest BCUT2D eigenvalue weighted by Gasteiger charge is -2.18. The highest BCUT2D eigenvalue weighted by molar-refractivity contribution is 6.29. The zero-order valence-corrected chi connectivity index (χ0v) is 29.1. The molecule has 0 aliphatic rings. The zero-order valence-electron chi connectivity index (χ0n) is 44.1. The minimum absolute atomic E-state index is 0.0838. The normalized spacial score (nSPS) is 15.7. The molecule has 0 fully saturated rings. The molecule has 2 heterocycles. The monoisotopic (exact) mass is 727 g/mol. The first-order valence-electron chi connectivity index (χ1n) is 25.4. The number of rotatable bonds is 4. The largest absolute Gasteiger partial charge is 0.455 e. The van der Waals surface area contributed by atoms with Crippen molar-refractivity contribution in [3.63, 3.8) is 0 Å². The van der Waals surface area contributed by atoms with E-state index in [2.05, 4.69) is 0 Å².